The van der Waals surface area contributed by atoms with Crippen molar-refractivity contribution in [2.75, 3.05) is 0 Å². The fraction of sp³-hybridized carbons (Fsp3) is 0.286. The molecule has 98 valence electrons. The Morgan fingerprint density at radius 3 is 2.58 bits per heavy atom. The van der Waals surface area contributed by atoms with Crippen LogP contribution in [0.1, 0.15) is 18.5 Å². The molecule has 1 aromatic heterocycles. The number of halogens is 2. The third kappa shape index (κ3) is 3.44. The van der Waals surface area contributed by atoms with Crippen molar-refractivity contribution in [3.8, 4) is 11.4 Å². The molecule has 1 heterocycles. The Morgan fingerprint density at radius 2 is 1.89 bits per heavy atom. The molecule has 1 N–H and O–H groups in total. The van der Waals surface area contributed by atoms with Gasteiger partial charge < -0.3 is 5.32 Å². The number of nitrogens with zero attached hydrogens (tertiary/aromatic N) is 2. The zero-order valence-electron chi connectivity index (χ0n) is 10.2. The second kappa shape index (κ2) is 5.45. The van der Waals surface area contributed by atoms with E-state index in [0.29, 0.717) is 21.9 Å². The second-order valence-corrected chi connectivity index (χ2v) is 5.56. The molecule has 1 aliphatic rings. The van der Waals surface area contributed by atoms with Gasteiger partial charge in [0, 0.05) is 34.4 Å². The predicted octanol–water partition coefficient (Wildman–Crippen LogP) is 3.70. The lowest BCUT2D eigenvalue weighted by molar-refractivity contribution is 0.673. The Hall–Kier alpha value is -1.16. The number of nitrogens with one attached hydrogen (secondary N) is 1. The topological polar surface area (TPSA) is 37.8 Å². The van der Waals surface area contributed by atoms with Gasteiger partial charge in [-0.05, 0) is 37.1 Å². The van der Waals surface area contributed by atoms with Gasteiger partial charge in [0.1, 0.15) is 0 Å². The van der Waals surface area contributed by atoms with Gasteiger partial charge in [-0.25, -0.2) is 9.97 Å². The standard InChI is InChI=1S/C14H13Cl2N3/c15-10-5-9(6-11(16)7-10)14-17-4-3-13(19-14)8-18-12-1-2-12/h3-7,12,18H,1-2,8H2. The number of rotatable bonds is 4. The van der Waals surface area contributed by atoms with Crippen molar-refractivity contribution in [1.82, 2.24) is 15.3 Å². The van der Waals surface area contributed by atoms with Gasteiger partial charge in [-0.2, -0.15) is 0 Å². The van der Waals surface area contributed by atoms with Crippen LogP contribution in [-0.2, 0) is 6.54 Å². The van der Waals surface area contributed by atoms with E-state index in [4.69, 9.17) is 23.2 Å². The van der Waals surface area contributed by atoms with E-state index >= 15 is 0 Å². The minimum atomic E-state index is 0.590. The number of aromatic nitrogens is 2. The van der Waals surface area contributed by atoms with Gasteiger partial charge in [0.2, 0.25) is 0 Å². The minimum Gasteiger partial charge on any atom is -0.308 e. The highest BCUT2D eigenvalue weighted by atomic mass is 35.5. The van der Waals surface area contributed by atoms with Crippen LogP contribution in [0.4, 0.5) is 0 Å². The zero-order valence-corrected chi connectivity index (χ0v) is 11.7. The maximum atomic E-state index is 6.00. The highest BCUT2D eigenvalue weighted by Gasteiger charge is 2.20. The lowest BCUT2D eigenvalue weighted by Gasteiger charge is -2.05. The van der Waals surface area contributed by atoms with Gasteiger partial charge in [0.05, 0.1) is 5.69 Å². The lowest BCUT2D eigenvalue weighted by Crippen LogP contribution is -2.16. The minimum absolute atomic E-state index is 0.590. The third-order valence-corrected chi connectivity index (χ3v) is 3.42. The zero-order chi connectivity index (χ0) is 13.2. The van der Waals surface area contributed by atoms with Crippen LogP contribution in [0.3, 0.4) is 0 Å². The molecule has 1 fully saturated rings. The van der Waals surface area contributed by atoms with Crippen LogP contribution in [0.25, 0.3) is 11.4 Å². The summed E-state index contributed by atoms with van der Waals surface area (Å²) < 4.78 is 0. The first kappa shape index (κ1) is 12.9. The van der Waals surface area contributed by atoms with Crippen LogP contribution < -0.4 is 5.32 Å². The van der Waals surface area contributed by atoms with E-state index in [1.807, 2.05) is 18.2 Å². The summed E-state index contributed by atoms with van der Waals surface area (Å²) in [7, 11) is 0. The summed E-state index contributed by atoms with van der Waals surface area (Å²) in [4.78, 5) is 8.81. The van der Waals surface area contributed by atoms with Gasteiger partial charge in [-0.15, -0.1) is 0 Å². The summed E-state index contributed by atoms with van der Waals surface area (Å²) >= 11 is 12.0. The number of hydrogen-bond acceptors (Lipinski definition) is 3. The van der Waals surface area contributed by atoms with Crippen molar-refractivity contribution in [1.29, 1.82) is 0 Å². The summed E-state index contributed by atoms with van der Waals surface area (Å²) in [6.45, 7) is 0.772. The molecular formula is C14H13Cl2N3. The number of benzene rings is 1. The Kier molecular flexibility index (Phi) is 3.69. The van der Waals surface area contributed by atoms with Crippen LogP contribution >= 0.6 is 23.2 Å². The van der Waals surface area contributed by atoms with Crippen LogP contribution in [0.2, 0.25) is 10.0 Å². The Bertz CT molecular complexity index is 577. The average molecular weight is 294 g/mol. The molecule has 0 saturated heterocycles. The van der Waals surface area contributed by atoms with Crippen molar-refractivity contribution in [2.24, 2.45) is 0 Å². The molecule has 0 bridgehead atoms. The maximum absolute atomic E-state index is 6.00. The Morgan fingerprint density at radius 1 is 1.16 bits per heavy atom. The first-order chi connectivity index (χ1) is 9.20. The fourth-order valence-corrected chi connectivity index (χ4v) is 2.38. The van der Waals surface area contributed by atoms with Crippen LogP contribution in [0.15, 0.2) is 30.5 Å². The molecule has 0 radical (unpaired) electrons. The van der Waals surface area contributed by atoms with Gasteiger partial charge in [-0.3, -0.25) is 0 Å². The van der Waals surface area contributed by atoms with E-state index in [-0.39, 0.29) is 0 Å². The van der Waals surface area contributed by atoms with Crippen molar-refractivity contribution in [3.05, 3.63) is 46.2 Å². The van der Waals surface area contributed by atoms with Crippen molar-refractivity contribution in [2.45, 2.75) is 25.4 Å². The normalized spacial score (nSPS) is 14.6. The summed E-state index contributed by atoms with van der Waals surface area (Å²) in [5.41, 5.74) is 1.82. The molecule has 19 heavy (non-hydrogen) atoms. The predicted molar refractivity (Wildman–Crippen MR) is 77.3 cm³/mol. The molecule has 0 spiro atoms. The molecule has 5 heteroatoms. The molecule has 1 aliphatic carbocycles. The van der Waals surface area contributed by atoms with Crippen molar-refractivity contribution in [3.63, 3.8) is 0 Å². The van der Waals surface area contributed by atoms with E-state index in [1.54, 1.807) is 12.3 Å². The number of hydrogen-bond donors (Lipinski definition) is 1. The Balaban J connectivity index is 1.84. The molecular weight excluding hydrogens is 281 g/mol. The summed E-state index contributed by atoms with van der Waals surface area (Å²) in [5.74, 6) is 0.652. The average Bonchev–Trinajstić information content (AvgIpc) is 3.20. The highest BCUT2D eigenvalue weighted by molar-refractivity contribution is 6.35. The maximum Gasteiger partial charge on any atom is 0.159 e. The molecule has 0 aliphatic heterocycles. The summed E-state index contributed by atoms with van der Waals surface area (Å²) in [5, 5.41) is 4.61. The molecule has 0 unspecified atom stereocenters. The van der Waals surface area contributed by atoms with Gasteiger partial charge >= 0.3 is 0 Å². The van der Waals surface area contributed by atoms with E-state index in [9.17, 15) is 0 Å². The summed E-state index contributed by atoms with van der Waals surface area (Å²) in [6, 6.07) is 7.93. The van der Waals surface area contributed by atoms with E-state index in [1.165, 1.54) is 12.8 Å². The second-order valence-electron chi connectivity index (χ2n) is 4.68. The smallest absolute Gasteiger partial charge is 0.159 e. The van der Waals surface area contributed by atoms with Crippen molar-refractivity contribution >= 4 is 23.2 Å². The van der Waals surface area contributed by atoms with Gasteiger partial charge in [-0.1, -0.05) is 23.2 Å². The van der Waals surface area contributed by atoms with E-state index in [2.05, 4.69) is 15.3 Å². The van der Waals surface area contributed by atoms with Crippen LogP contribution in [-0.4, -0.2) is 16.0 Å². The van der Waals surface area contributed by atoms with Gasteiger partial charge in [0.15, 0.2) is 5.82 Å². The Labute approximate surface area is 122 Å². The fourth-order valence-electron chi connectivity index (χ4n) is 1.85. The van der Waals surface area contributed by atoms with Gasteiger partial charge in [0.25, 0.3) is 0 Å². The lowest BCUT2D eigenvalue weighted by atomic mass is 10.2. The highest BCUT2D eigenvalue weighted by Crippen LogP contribution is 2.25. The van der Waals surface area contributed by atoms with Crippen molar-refractivity contribution < 1.29 is 0 Å². The van der Waals surface area contributed by atoms with Crippen LogP contribution in [0.5, 0.6) is 0 Å². The largest absolute Gasteiger partial charge is 0.308 e. The summed E-state index contributed by atoms with van der Waals surface area (Å²) in [6.07, 6.45) is 4.30. The van der Waals surface area contributed by atoms with E-state index < -0.39 is 0 Å². The first-order valence-corrected chi connectivity index (χ1v) is 6.98. The first-order valence-electron chi connectivity index (χ1n) is 6.22. The molecule has 0 atom stereocenters. The van der Waals surface area contributed by atoms with E-state index in [0.717, 1.165) is 17.8 Å². The third-order valence-electron chi connectivity index (χ3n) is 2.98. The molecule has 1 saturated carbocycles. The monoisotopic (exact) mass is 293 g/mol. The SMILES string of the molecule is Clc1cc(Cl)cc(-c2nccc(CNC3CC3)n2)c1. The molecule has 2 aromatic rings. The molecule has 0 amide bonds. The molecule has 1 aromatic carbocycles. The molecule has 3 nitrogen and oxygen atoms in total. The molecule has 3 rings (SSSR count). The quantitative estimate of drug-likeness (QED) is 0.934. The van der Waals surface area contributed by atoms with Crippen LogP contribution in [0, 0.1) is 0 Å².